The Kier molecular flexibility index (Phi) is 8.62. The van der Waals surface area contributed by atoms with Crippen LogP contribution in [0.5, 0.6) is 5.75 Å². The second kappa shape index (κ2) is 11.3. The van der Waals surface area contributed by atoms with Gasteiger partial charge in [-0.1, -0.05) is 31.9 Å². The maximum Gasteiger partial charge on any atom is 0.311 e. The number of ether oxygens (including phenoxy) is 2. The molecule has 6 nitrogen and oxygen atoms in total. The Morgan fingerprint density at radius 3 is 2.28 bits per heavy atom. The van der Waals surface area contributed by atoms with E-state index in [9.17, 15) is 14.4 Å². The highest BCUT2D eigenvalue weighted by Crippen LogP contribution is 2.31. The number of benzene rings is 2. The van der Waals surface area contributed by atoms with Gasteiger partial charge in [0, 0.05) is 28.1 Å². The molecule has 0 radical (unpaired) electrons. The van der Waals surface area contributed by atoms with Crippen LogP contribution in [0.1, 0.15) is 75.5 Å². The molecule has 2 aromatic carbocycles. The second-order valence-corrected chi connectivity index (χ2v) is 10.9. The lowest BCUT2D eigenvalue weighted by Gasteiger charge is -2.19. The van der Waals surface area contributed by atoms with Crippen LogP contribution in [0, 0.1) is 12.8 Å². The van der Waals surface area contributed by atoms with E-state index < -0.39 is 11.6 Å². The van der Waals surface area contributed by atoms with Crippen LogP contribution >= 0.6 is 11.6 Å². The van der Waals surface area contributed by atoms with Gasteiger partial charge in [-0.05, 0) is 88.1 Å². The first-order chi connectivity index (χ1) is 16.9. The van der Waals surface area contributed by atoms with Crippen LogP contribution in [0.3, 0.4) is 0 Å². The van der Waals surface area contributed by atoms with E-state index in [1.165, 1.54) is 0 Å². The number of nitrogens with zero attached hydrogens (tertiary/aromatic N) is 1. The summed E-state index contributed by atoms with van der Waals surface area (Å²) in [5, 5.41) is 1.19. The van der Waals surface area contributed by atoms with Crippen molar-refractivity contribution in [3.05, 3.63) is 64.3 Å². The number of carbonyl (C=O) groups excluding carboxylic acids is 3. The molecule has 0 amide bonds. The molecular weight excluding hydrogens is 478 g/mol. The molecule has 0 aliphatic heterocycles. The minimum Gasteiger partial charge on any atom is -0.460 e. The summed E-state index contributed by atoms with van der Waals surface area (Å²) in [6, 6.07) is 11.8. The lowest BCUT2D eigenvalue weighted by molar-refractivity contribution is -0.153. The van der Waals surface area contributed by atoms with E-state index in [1.54, 1.807) is 54.0 Å². The molecule has 192 valence electrons. The van der Waals surface area contributed by atoms with Crippen molar-refractivity contribution in [3.63, 3.8) is 0 Å². The fraction of sp³-hybridized carbons (Fsp3) is 0.414. The van der Waals surface area contributed by atoms with Gasteiger partial charge >= 0.3 is 11.9 Å². The van der Waals surface area contributed by atoms with Crippen molar-refractivity contribution in [3.8, 4) is 5.75 Å². The van der Waals surface area contributed by atoms with Gasteiger partial charge in [0.1, 0.15) is 11.4 Å². The summed E-state index contributed by atoms with van der Waals surface area (Å²) in [5.74, 6) is -0.0659. The summed E-state index contributed by atoms with van der Waals surface area (Å²) in [4.78, 5) is 38.6. The number of esters is 2. The van der Waals surface area contributed by atoms with Crippen molar-refractivity contribution in [2.24, 2.45) is 5.92 Å². The summed E-state index contributed by atoms with van der Waals surface area (Å²) in [7, 11) is 0. The van der Waals surface area contributed by atoms with Gasteiger partial charge in [-0.15, -0.1) is 0 Å². The highest BCUT2D eigenvalue weighted by Gasteiger charge is 2.24. The highest BCUT2D eigenvalue weighted by atomic mass is 35.5. The predicted octanol–water partition coefficient (Wildman–Crippen LogP) is 6.91. The Bertz CT molecular complexity index is 1270. The SMILES string of the molecule is Cc1c(CC(=O)OC(C)(C)C)c2cc(OC(=O)CCCC(C)C)ccc2n1C(=O)c1ccc(Cl)cc1. The molecular formula is C29H34ClNO5. The highest BCUT2D eigenvalue weighted by molar-refractivity contribution is 6.30. The molecule has 0 fully saturated rings. The van der Waals surface area contributed by atoms with Crippen LogP contribution in [-0.4, -0.2) is 28.0 Å². The fourth-order valence-electron chi connectivity index (χ4n) is 4.09. The second-order valence-electron chi connectivity index (χ2n) is 10.4. The van der Waals surface area contributed by atoms with Crippen LogP contribution in [0.2, 0.25) is 5.02 Å². The summed E-state index contributed by atoms with van der Waals surface area (Å²) < 4.78 is 12.7. The summed E-state index contributed by atoms with van der Waals surface area (Å²) >= 11 is 6.00. The number of halogens is 1. The van der Waals surface area contributed by atoms with Crippen molar-refractivity contribution in [1.82, 2.24) is 4.57 Å². The lowest BCUT2D eigenvalue weighted by atomic mass is 10.1. The number of carbonyl (C=O) groups is 3. The quantitative estimate of drug-likeness (QED) is 0.242. The molecule has 7 heteroatoms. The number of fused-ring (bicyclic) bond motifs is 1. The molecule has 0 N–H and O–H groups in total. The molecule has 0 bridgehead atoms. The van der Waals surface area contributed by atoms with Crippen LogP contribution in [-0.2, 0) is 20.7 Å². The van der Waals surface area contributed by atoms with Gasteiger partial charge in [0.25, 0.3) is 5.91 Å². The van der Waals surface area contributed by atoms with Crippen LogP contribution < -0.4 is 4.74 Å². The Morgan fingerprint density at radius 1 is 1.00 bits per heavy atom. The Hall–Kier alpha value is -3.12. The molecule has 36 heavy (non-hydrogen) atoms. The molecule has 0 saturated heterocycles. The zero-order valence-electron chi connectivity index (χ0n) is 21.8. The van der Waals surface area contributed by atoms with Crippen molar-refractivity contribution in [1.29, 1.82) is 0 Å². The summed E-state index contributed by atoms with van der Waals surface area (Å²) in [5.41, 5.74) is 1.71. The molecule has 0 unspecified atom stereocenters. The van der Waals surface area contributed by atoms with Crippen molar-refractivity contribution >= 4 is 40.3 Å². The van der Waals surface area contributed by atoms with Crippen LogP contribution in [0.15, 0.2) is 42.5 Å². The monoisotopic (exact) mass is 511 g/mol. The maximum atomic E-state index is 13.5. The topological polar surface area (TPSA) is 74.6 Å². The average molecular weight is 512 g/mol. The number of hydrogen-bond donors (Lipinski definition) is 0. The molecule has 0 saturated carbocycles. The van der Waals surface area contributed by atoms with Crippen molar-refractivity contribution in [2.75, 3.05) is 0 Å². The minimum absolute atomic E-state index is 0.0215. The molecule has 0 spiro atoms. The first-order valence-electron chi connectivity index (χ1n) is 12.2. The lowest BCUT2D eigenvalue weighted by Crippen LogP contribution is -2.25. The number of rotatable bonds is 8. The molecule has 0 aliphatic carbocycles. The van der Waals surface area contributed by atoms with Gasteiger partial charge < -0.3 is 9.47 Å². The third-order valence-electron chi connectivity index (χ3n) is 5.74. The van der Waals surface area contributed by atoms with Crippen LogP contribution in [0.25, 0.3) is 10.9 Å². The van der Waals surface area contributed by atoms with E-state index in [4.69, 9.17) is 21.1 Å². The smallest absolute Gasteiger partial charge is 0.311 e. The third-order valence-corrected chi connectivity index (χ3v) is 5.99. The summed E-state index contributed by atoms with van der Waals surface area (Å²) in [6.07, 6.45) is 2.01. The standard InChI is InChI=1S/C29H34ClNO5/c1-18(2)8-7-9-26(32)35-22-14-15-25-24(16-22)23(17-27(33)36-29(4,5)6)19(3)31(25)28(34)20-10-12-21(30)13-11-20/h10-16,18H,7-9,17H2,1-6H3. The van der Waals surface area contributed by atoms with Crippen LogP contribution in [0.4, 0.5) is 0 Å². The van der Waals surface area contributed by atoms with E-state index in [1.807, 2.05) is 20.8 Å². The van der Waals surface area contributed by atoms with E-state index in [0.29, 0.717) is 50.8 Å². The zero-order valence-corrected chi connectivity index (χ0v) is 22.6. The maximum absolute atomic E-state index is 13.5. The molecule has 1 heterocycles. The average Bonchev–Trinajstić information content (AvgIpc) is 3.03. The largest absolute Gasteiger partial charge is 0.460 e. The van der Waals surface area contributed by atoms with Gasteiger partial charge in [-0.25, -0.2) is 0 Å². The van der Waals surface area contributed by atoms with Gasteiger partial charge in [0.15, 0.2) is 0 Å². The Labute approximate surface area is 217 Å². The van der Waals surface area contributed by atoms with Gasteiger partial charge in [-0.2, -0.15) is 0 Å². The minimum atomic E-state index is -0.640. The Balaban J connectivity index is 2.01. The molecule has 0 atom stereocenters. The van der Waals surface area contributed by atoms with E-state index in [0.717, 1.165) is 12.8 Å². The fourth-order valence-corrected chi connectivity index (χ4v) is 4.22. The molecule has 3 aromatic rings. The van der Waals surface area contributed by atoms with E-state index in [-0.39, 0.29) is 18.3 Å². The number of aromatic nitrogens is 1. The molecule has 3 rings (SSSR count). The zero-order chi connectivity index (χ0) is 26.6. The predicted molar refractivity (Wildman–Crippen MR) is 142 cm³/mol. The van der Waals surface area contributed by atoms with Gasteiger partial charge in [-0.3, -0.25) is 19.0 Å². The molecule has 0 aliphatic rings. The summed E-state index contributed by atoms with van der Waals surface area (Å²) in [6.45, 7) is 11.4. The van der Waals surface area contributed by atoms with Crippen molar-refractivity contribution in [2.45, 2.75) is 72.8 Å². The Morgan fingerprint density at radius 2 is 1.67 bits per heavy atom. The van der Waals surface area contributed by atoms with E-state index in [2.05, 4.69) is 13.8 Å². The van der Waals surface area contributed by atoms with Gasteiger partial charge in [0.05, 0.1) is 11.9 Å². The van der Waals surface area contributed by atoms with Gasteiger partial charge in [0.2, 0.25) is 0 Å². The first kappa shape index (κ1) is 27.5. The molecule has 1 aromatic heterocycles. The normalized spacial score (nSPS) is 11.7. The number of hydrogen-bond acceptors (Lipinski definition) is 5. The van der Waals surface area contributed by atoms with E-state index >= 15 is 0 Å². The first-order valence-corrected chi connectivity index (χ1v) is 12.6. The van der Waals surface area contributed by atoms with Crippen molar-refractivity contribution < 1.29 is 23.9 Å². The third kappa shape index (κ3) is 6.97.